The van der Waals surface area contributed by atoms with Crippen LogP contribution in [0.2, 0.25) is 0 Å². The second-order valence-electron chi connectivity index (χ2n) is 5.66. The fourth-order valence-corrected chi connectivity index (χ4v) is 2.58. The van der Waals surface area contributed by atoms with Gasteiger partial charge in [-0.05, 0) is 25.7 Å². The average Bonchev–Trinajstić information content (AvgIpc) is 2.02. The van der Waals surface area contributed by atoms with Crippen molar-refractivity contribution >= 4 is 5.78 Å². The SMILES string of the molecule is CC(C)N1CC(CC(=O)CC2CCC2)C1. The molecule has 0 radical (unpaired) electrons. The molecule has 0 unspecified atom stereocenters. The minimum absolute atomic E-state index is 0.521. The third-order valence-electron chi connectivity index (χ3n) is 3.97. The fraction of sp³-hybridized carbons (Fsp3) is 0.923. The summed E-state index contributed by atoms with van der Waals surface area (Å²) in [7, 11) is 0. The van der Waals surface area contributed by atoms with E-state index in [-0.39, 0.29) is 0 Å². The van der Waals surface area contributed by atoms with Gasteiger partial charge in [0.2, 0.25) is 0 Å². The van der Waals surface area contributed by atoms with Gasteiger partial charge in [0.15, 0.2) is 0 Å². The number of carbonyl (C=O) groups excluding carboxylic acids is 1. The Balaban J connectivity index is 1.59. The van der Waals surface area contributed by atoms with Crippen LogP contribution < -0.4 is 0 Å². The molecule has 1 saturated carbocycles. The number of hydrogen-bond acceptors (Lipinski definition) is 2. The van der Waals surface area contributed by atoms with Crippen molar-refractivity contribution < 1.29 is 4.79 Å². The maximum absolute atomic E-state index is 11.7. The van der Waals surface area contributed by atoms with Crippen LogP contribution in [0.15, 0.2) is 0 Å². The Morgan fingerprint density at radius 3 is 2.27 bits per heavy atom. The molecule has 0 spiro atoms. The van der Waals surface area contributed by atoms with Crippen LogP contribution in [0.5, 0.6) is 0 Å². The van der Waals surface area contributed by atoms with Crippen LogP contribution in [0.25, 0.3) is 0 Å². The zero-order valence-corrected chi connectivity index (χ0v) is 10.0. The van der Waals surface area contributed by atoms with Crippen molar-refractivity contribution in [1.29, 1.82) is 0 Å². The van der Waals surface area contributed by atoms with E-state index in [1.54, 1.807) is 0 Å². The molecule has 2 nitrogen and oxygen atoms in total. The quantitative estimate of drug-likeness (QED) is 0.693. The van der Waals surface area contributed by atoms with Crippen LogP contribution in [0, 0.1) is 11.8 Å². The highest BCUT2D eigenvalue weighted by Gasteiger charge is 2.30. The van der Waals surface area contributed by atoms with Gasteiger partial charge in [-0.25, -0.2) is 0 Å². The summed E-state index contributed by atoms with van der Waals surface area (Å²) < 4.78 is 0. The highest BCUT2D eigenvalue weighted by atomic mass is 16.1. The minimum atomic E-state index is 0.521. The highest BCUT2D eigenvalue weighted by Crippen LogP contribution is 2.31. The summed E-state index contributed by atoms with van der Waals surface area (Å²) >= 11 is 0. The van der Waals surface area contributed by atoms with Crippen LogP contribution in [0.4, 0.5) is 0 Å². The van der Waals surface area contributed by atoms with E-state index in [2.05, 4.69) is 18.7 Å². The summed E-state index contributed by atoms with van der Waals surface area (Å²) in [6.45, 7) is 6.75. The summed E-state index contributed by atoms with van der Waals surface area (Å²) in [6, 6.07) is 0.656. The molecular weight excluding hydrogens is 186 g/mol. The van der Waals surface area contributed by atoms with Gasteiger partial charge in [-0.3, -0.25) is 4.79 Å². The van der Waals surface area contributed by atoms with E-state index in [1.807, 2.05) is 0 Å². The van der Waals surface area contributed by atoms with Crippen molar-refractivity contribution in [2.75, 3.05) is 13.1 Å². The lowest BCUT2D eigenvalue weighted by Gasteiger charge is -2.42. The maximum Gasteiger partial charge on any atom is 0.133 e. The minimum Gasteiger partial charge on any atom is -0.300 e. The predicted octanol–water partition coefficient (Wildman–Crippen LogP) is 2.48. The van der Waals surface area contributed by atoms with Crippen molar-refractivity contribution in [2.24, 2.45) is 11.8 Å². The highest BCUT2D eigenvalue weighted by molar-refractivity contribution is 5.79. The van der Waals surface area contributed by atoms with Gasteiger partial charge in [0, 0.05) is 32.0 Å². The number of ketones is 1. The molecule has 0 amide bonds. The van der Waals surface area contributed by atoms with Crippen LogP contribution in [-0.4, -0.2) is 29.8 Å². The second kappa shape index (κ2) is 4.65. The summed E-state index contributed by atoms with van der Waals surface area (Å²) in [4.78, 5) is 14.2. The Kier molecular flexibility index (Phi) is 3.45. The molecule has 0 bridgehead atoms. The van der Waals surface area contributed by atoms with E-state index in [0.717, 1.165) is 31.8 Å². The Morgan fingerprint density at radius 2 is 1.80 bits per heavy atom. The van der Waals surface area contributed by atoms with Gasteiger partial charge < -0.3 is 4.90 Å². The van der Waals surface area contributed by atoms with Crippen LogP contribution >= 0.6 is 0 Å². The van der Waals surface area contributed by atoms with E-state index in [9.17, 15) is 4.79 Å². The van der Waals surface area contributed by atoms with E-state index in [4.69, 9.17) is 0 Å². The molecule has 15 heavy (non-hydrogen) atoms. The summed E-state index contributed by atoms with van der Waals surface area (Å²) in [5, 5.41) is 0. The smallest absolute Gasteiger partial charge is 0.133 e. The Morgan fingerprint density at radius 1 is 1.20 bits per heavy atom. The summed E-state index contributed by atoms with van der Waals surface area (Å²) in [5.74, 6) is 1.94. The number of likely N-dealkylation sites (tertiary alicyclic amines) is 1. The third kappa shape index (κ3) is 2.81. The first-order chi connectivity index (χ1) is 7.15. The van der Waals surface area contributed by atoms with E-state index in [1.165, 1.54) is 19.3 Å². The average molecular weight is 209 g/mol. The van der Waals surface area contributed by atoms with Crippen LogP contribution in [0.1, 0.15) is 46.0 Å². The van der Waals surface area contributed by atoms with Gasteiger partial charge in [0.05, 0.1) is 0 Å². The van der Waals surface area contributed by atoms with Gasteiger partial charge in [0.25, 0.3) is 0 Å². The maximum atomic E-state index is 11.7. The lowest BCUT2D eigenvalue weighted by Crippen LogP contribution is -2.50. The molecule has 0 aromatic heterocycles. The zero-order chi connectivity index (χ0) is 10.8. The van der Waals surface area contributed by atoms with Gasteiger partial charge in [0.1, 0.15) is 5.78 Å². The molecule has 2 rings (SSSR count). The normalized spacial score (nSPS) is 23.9. The number of carbonyl (C=O) groups is 1. The van der Waals surface area contributed by atoms with E-state index < -0.39 is 0 Å². The Bertz CT molecular complexity index is 227. The number of hydrogen-bond donors (Lipinski definition) is 0. The topological polar surface area (TPSA) is 20.3 Å². The van der Waals surface area contributed by atoms with Crippen molar-refractivity contribution in [3.05, 3.63) is 0 Å². The first-order valence-electron chi connectivity index (χ1n) is 6.41. The van der Waals surface area contributed by atoms with Gasteiger partial charge in [-0.1, -0.05) is 19.3 Å². The second-order valence-corrected chi connectivity index (χ2v) is 5.66. The molecule has 2 heteroatoms. The molecule has 1 aliphatic heterocycles. The summed E-state index contributed by atoms with van der Waals surface area (Å²) in [6.07, 6.45) is 5.67. The molecule has 2 aliphatic rings. The first kappa shape index (κ1) is 11.1. The summed E-state index contributed by atoms with van der Waals surface area (Å²) in [5.41, 5.74) is 0. The molecule has 0 aromatic rings. The Hall–Kier alpha value is -0.370. The standard InChI is InChI=1S/C13H23NO/c1-10(2)14-8-12(9-14)7-13(15)6-11-4-3-5-11/h10-12H,3-9H2,1-2H3. The van der Waals surface area contributed by atoms with Crippen molar-refractivity contribution in [3.8, 4) is 0 Å². The molecule has 86 valence electrons. The molecule has 1 saturated heterocycles. The van der Waals surface area contributed by atoms with Crippen molar-refractivity contribution in [3.63, 3.8) is 0 Å². The molecule has 2 fully saturated rings. The van der Waals surface area contributed by atoms with Crippen LogP contribution in [0.3, 0.4) is 0 Å². The van der Waals surface area contributed by atoms with Gasteiger partial charge >= 0.3 is 0 Å². The predicted molar refractivity (Wildman–Crippen MR) is 61.8 cm³/mol. The van der Waals surface area contributed by atoms with E-state index in [0.29, 0.717) is 17.7 Å². The zero-order valence-electron chi connectivity index (χ0n) is 10.0. The number of Topliss-reactive ketones (excluding diaryl/α,β-unsaturated/α-hetero) is 1. The van der Waals surface area contributed by atoms with Crippen molar-refractivity contribution in [2.45, 2.75) is 52.0 Å². The molecular formula is C13H23NO. The Labute approximate surface area is 93.0 Å². The monoisotopic (exact) mass is 209 g/mol. The number of rotatable bonds is 5. The molecule has 0 atom stereocenters. The molecule has 0 N–H and O–H groups in total. The molecule has 1 heterocycles. The van der Waals surface area contributed by atoms with Crippen LogP contribution in [-0.2, 0) is 4.79 Å². The van der Waals surface area contributed by atoms with Crippen molar-refractivity contribution in [1.82, 2.24) is 4.90 Å². The molecule has 1 aliphatic carbocycles. The van der Waals surface area contributed by atoms with Gasteiger partial charge in [-0.15, -0.1) is 0 Å². The van der Waals surface area contributed by atoms with Gasteiger partial charge in [-0.2, -0.15) is 0 Å². The van der Waals surface area contributed by atoms with E-state index >= 15 is 0 Å². The number of nitrogens with zero attached hydrogens (tertiary/aromatic N) is 1. The fourth-order valence-electron chi connectivity index (χ4n) is 2.58. The first-order valence-corrected chi connectivity index (χ1v) is 6.41. The lowest BCUT2D eigenvalue weighted by atomic mass is 9.80. The lowest BCUT2D eigenvalue weighted by molar-refractivity contribution is -0.123. The largest absolute Gasteiger partial charge is 0.300 e. The molecule has 0 aromatic carbocycles. The third-order valence-corrected chi connectivity index (χ3v) is 3.97.